The summed E-state index contributed by atoms with van der Waals surface area (Å²) < 4.78 is 2.96. The van der Waals surface area contributed by atoms with E-state index in [4.69, 9.17) is 0 Å². The summed E-state index contributed by atoms with van der Waals surface area (Å²) in [7, 11) is 0. The monoisotopic (exact) mass is 381 g/mol. The Kier molecular flexibility index (Phi) is 5.10. The van der Waals surface area contributed by atoms with Gasteiger partial charge in [-0.1, -0.05) is 26.0 Å². The smallest absolute Gasteiger partial charge is 0.293 e. The second-order valence-corrected chi connectivity index (χ2v) is 8.41. The van der Waals surface area contributed by atoms with Crippen molar-refractivity contribution in [3.05, 3.63) is 52.1 Å². The molecular weight excluding hydrogens is 354 g/mol. The van der Waals surface area contributed by atoms with Crippen LogP contribution < -0.4 is 10.9 Å². The van der Waals surface area contributed by atoms with Crippen molar-refractivity contribution in [2.75, 3.05) is 5.32 Å². The number of aryl methyl sites for hydroxylation is 1. The summed E-state index contributed by atoms with van der Waals surface area (Å²) in [5, 5.41) is 12.5. The van der Waals surface area contributed by atoms with Crippen molar-refractivity contribution in [3.8, 4) is 0 Å². The fraction of sp³-hybridized carbons (Fsp3) is 0.429. The maximum atomic E-state index is 13.1. The topological polar surface area (TPSA) is 81.8 Å². The number of carbonyl (C=O) groups is 1. The van der Waals surface area contributed by atoms with Gasteiger partial charge in [0.1, 0.15) is 12.1 Å². The maximum absolute atomic E-state index is 13.1. The van der Waals surface area contributed by atoms with Crippen LogP contribution in [-0.4, -0.2) is 25.5 Å². The van der Waals surface area contributed by atoms with Crippen molar-refractivity contribution in [1.82, 2.24) is 19.6 Å². The maximum Gasteiger partial charge on any atom is 0.293 e. The molecule has 1 N–H and O–H groups in total. The Morgan fingerprint density at radius 1 is 1.25 bits per heavy atom. The van der Waals surface area contributed by atoms with E-state index in [-0.39, 0.29) is 29.5 Å². The van der Waals surface area contributed by atoms with Crippen LogP contribution in [0.25, 0.3) is 10.9 Å². The summed E-state index contributed by atoms with van der Waals surface area (Å²) in [6.07, 6.45) is 1.70. The van der Waals surface area contributed by atoms with Crippen molar-refractivity contribution in [2.45, 2.75) is 59.5 Å². The molecule has 0 aliphatic carbocycles. The van der Waals surface area contributed by atoms with Gasteiger partial charge in [-0.05, 0) is 51.3 Å². The van der Waals surface area contributed by atoms with Gasteiger partial charge in [0.25, 0.3) is 5.56 Å². The number of hydrogen-bond donors (Lipinski definition) is 1. The molecule has 28 heavy (non-hydrogen) atoms. The minimum Gasteiger partial charge on any atom is -0.324 e. The number of carbonyl (C=O) groups excluding carboxylic acids is 1. The van der Waals surface area contributed by atoms with Crippen LogP contribution in [0.2, 0.25) is 0 Å². The molecule has 0 bridgehead atoms. The molecule has 1 aromatic carbocycles. The van der Waals surface area contributed by atoms with Gasteiger partial charge in [0, 0.05) is 11.1 Å². The lowest BCUT2D eigenvalue weighted by atomic mass is 10.1. The molecule has 0 aliphatic heterocycles. The molecule has 0 spiro atoms. The normalized spacial score (nSPS) is 12.0. The van der Waals surface area contributed by atoms with Gasteiger partial charge in [-0.25, -0.2) is 4.68 Å². The lowest BCUT2D eigenvalue weighted by molar-refractivity contribution is -0.117. The molecule has 2 heterocycles. The first-order chi connectivity index (χ1) is 13.1. The summed E-state index contributed by atoms with van der Waals surface area (Å²) in [6, 6.07) is 7.53. The van der Waals surface area contributed by atoms with E-state index in [1.54, 1.807) is 10.9 Å². The molecule has 0 aliphatic rings. The zero-order chi connectivity index (χ0) is 20.6. The molecule has 0 atom stereocenters. The molecular formula is C21H27N5O2. The first-order valence-corrected chi connectivity index (χ1v) is 9.43. The third-order valence-electron chi connectivity index (χ3n) is 4.49. The van der Waals surface area contributed by atoms with E-state index in [9.17, 15) is 9.59 Å². The lowest BCUT2D eigenvalue weighted by Crippen LogP contribution is -2.34. The van der Waals surface area contributed by atoms with Crippen LogP contribution in [0, 0.1) is 6.92 Å². The fourth-order valence-corrected chi connectivity index (χ4v) is 3.19. The van der Waals surface area contributed by atoms with E-state index >= 15 is 0 Å². The van der Waals surface area contributed by atoms with Crippen molar-refractivity contribution in [2.24, 2.45) is 0 Å². The number of aromatic nitrogens is 4. The average molecular weight is 381 g/mol. The Hall–Kier alpha value is -2.96. The number of anilines is 1. The Bertz CT molecular complexity index is 1090. The Morgan fingerprint density at radius 3 is 2.57 bits per heavy atom. The number of hydrogen-bond acceptors (Lipinski definition) is 4. The van der Waals surface area contributed by atoms with Crippen LogP contribution in [0.5, 0.6) is 0 Å². The minimum absolute atomic E-state index is 0.0896. The summed E-state index contributed by atoms with van der Waals surface area (Å²) in [4.78, 5) is 25.7. The predicted molar refractivity (Wildman–Crippen MR) is 111 cm³/mol. The highest BCUT2D eigenvalue weighted by atomic mass is 16.2. The number of nitrogens with zero attached hydrogens (tertiary/aromatic N) is 4. The zero-order valence-corrected chi connectivity index (χ0v) is 17.3. The molecule has 0 fully saturated rings. The Balaban J connectivity index is 2.04. The number of rotatable bonds is 4. The van der Waals surface area contributed by atoms with Gasteiger partial charge in [-0.2, -0.15) is 10.2 Å². The Labute approximate surface area is 164 Å². The first-order valence-electron chi connectivity index (χ1n) is 9.43. The third kappa shape index (κ3) is 3.83. The van der Waals surface area contributed by atoms with Crippen molar-refractivity contribution in [1.29, 1.82) is 0 Å². The van der Waals surface area contributed by atoms with E-state index in [2.05, 4.69) is 15.5 Å². The van der Waals surface area contributed by atoms with Crippen LogP contribution in [0.4, 0.5) is 5.69 Å². The molecule has 0 unspecified atom stereocenters. The second-order valence-electron chi connectivity index (χ2n) is 8.41. The molecule has 148 valence electrons. The molecule has 3 aromatic rings. The van der Waals surface area contributed by atoms with E-state index in [1.807, 2.05) is 65.8 Å². The molecule has 3 rings (SSSR count). The van der Waals surface area contributed by atoms with Crippen LogP contribution >= 0.6 is 0 Å². The van der Waals surface area contributed by atoms with E-state index in [0.717, 1.165) is 16.6 Å². The molecule has 0 saturated heterocycles. The number of fused-ring (bicyclic) bond motifs is 1. The Morgan fingerprint density at radius 2 is 1.96 bits per heavy atom. The quantitative estimate of drug-likeness (QED) is 0.751. The molecule has 0 saturated carbocycles. The summed E-state index contributed by atoms with van der Waals surface area (Å²) in [5.74, 6) is -0.206. The standard InChI is InChI=1S/C21H27N5O2/c1-13(2)18-16-11-22-26(21(4,5)6)19(16)20(28)25(24-18)12-17(27)23-15-9-7-8-14(3)10-15/h7-11,13H,12H2,1-6H3,(H,23,27). The predicted octanol–water partition coefficient (Wildman–Crippen LogP) is 3.42. The van der Waals surface area contributed by atoms with E-state index in [0.29, 0.717) is 11.2 Å². The van der Waals surface area contributed by atoms with Gasteiger partial charge in [0.15, 0.2) is 0 Å². The van der Waals surface area contributed by atoms with Gasteiger partial charge in [-0.3, -0.25) is 14.3 Å². The second kappa shape index (κ2) is 7.22. The van der Waals surface area contributed by atoms with Crippen molar-refractivity contribution in [3.63, 3.8) is 0 Å². The highest BCUT2D eigenvalue weighted by molar-refractivity contribution is 5.90. The van der Waals surface area contributed by atoms with Crippen molar-refractivity contribution >= 4 is 22.5 Å². The SMILES string of the molecule is Cc1cccc(NC(=O)Cn2nc(C(C)C)c3cnn(C(C)(C)C)c3c2=O)c1. The van der Waals surface area contributed by atoms with Crippen molar-refractivity contribution < 1.29 is 4.79 Å². The number of nitrogens with one attached hydrogen (secondary N) is 1. The minimum atomic E-state index is -0.363. The van der Waals surface area contributed by atoms with Gasteiger partial charge >= 0.3 is 0 Å². The molecule has 7 heteroatoms. The summed E-state index contributed by atoms with van der Waals surface area (Å²) >= 11 is 0. The van der Waals surface area contributed by atoms with Crippen LogP contribution in [-0.2, 0) is 16.9 Å². The first kappa shape index (κ1) is 19.8. The highest BCUT2D eigenvalue weighted by Crippen LogP contribution is 2.24. The van der Waals surface area contributed by atoms with E-state index in [1.165, 1.54) is 4.68 Å². The van der Waals surface area contributed by atoms with E-state index < -0.39 is 0 Å². The number of benzene rings is 1. The fourth-order valence-electron chi connectivity index (χ4n) is 3.19. The number of amides is 1. The van der Waals surface area contributed by atoms with Crippen LogP contribution in [0.1, 0.15) is 51.8 Å². The summed E-state index contributed by atoms with van der Waals surface area (Å²) in [6.45, 7) is 11.8. The van der Waals surface area contributed by atoms with Crippen LogP contribution in [0.3, 0.4) is 0 Å². The van der Waals surface area contributed by atoms with Gasteiger partial charge in [0.05, 0.1) is 17.4 Å². The molecule has 0 radical (unpaired) electrons. The highest BCUT2D eigenvalue weighted by Gasteiger charge is 2.24. The van der Waals surface area contributed by atoms with Crippen LogP contribution in [0.15, 0.2) is 35.3 Å². The lowest BCUT2D eigenvalue weighted by Gasteiger charge is -2.21. The van der Waals surface area contributed by atoms with Gasteiger partial charge in [-0.15, -0.1) is 0 Å². The summed E-state index contributed by atoms with van der Waals surface area (Å²) in [5.41, 5.74) is 2.31. The van der Waals surface area contributed by atoms with Gasteiger partial charge < -0.3 is 5.32 Å². The van der Waals surface area contributed by atoms with Gasteiger partial charge in [0.2, 0.25) is 5.91 Å². The molecule has 2 aromatic heterocycles. The molecule has 1 amide bonds. The third-order valence-corrected chi connectivity index (χ3v) is 4.49. The average Bonchev–Trinajstić information content (AvgIpc) is 3.02. The zero-order valence-electron chi connectivity index (χ0n) is 17.3. The largest absolute Gasteiger partial charge is 0.324 e. The molecule has 7 nitrogen and oxygen atoms in total.